The Morgan fingerprint density at radius 2 is 2.00 bits per heavy atom. The third-order valence-electron chi connectivity index (χ3n) is 4.57. The van der Waals surface area contributed by atoms with Gasteiger partial charge in [-0.3, -0.25) is 0 Å². The van der Waals surface area contributed by atoms with Gasteiger partial charge in [0.25, 0.3) is 0 Å². The Morgan fingerprint density at radius 3 is 2.81 bits per heavy atom. The van der Waals surface area contributed by atoms with Crippen LogP contribution in [-0.4, -0.2) is 11.7 Å². The summed E-state index contributed by atoms with van der Waals surface area (Å²) in [4.78, 5) is 0. The number of rotatable bonds is 3. The fourth-order valence-electron chi connectivity index (χ4n) is 3.40. The van der Waals surface area contributed by atoms with Gasteiger partial charge in [-0.25, -0.2) is 0 Å². The van der Waals surface area contributed by atoms with Crippen molar-refractivity contribution in [3.63, 3.8) is 0 Å². The van der Waals surface area contributed by atoms with E-state index in [2.05, 4.69) is 46.3 Å². The maximum Gasteiger partial charge on any atom is 0.128 e. The Bertz CT molecular complexity index is 668. The summed E-state index contributed by atoms with van der Waals surface area (Å²) in [5.41, 5.74) is 3.48. The average molecular weight is 345 g/mol. The van der Waals surface area contributed by atoms with Gasteiger partial charge < -0.3 is 9.84 Å². The van der Waals surface area contributed by atoms with Gasteiger partial charge in [0.2, 0.25) is 0 Å². The molecule has 0 bridgehead atoms. The summed E-state index contributed by atoms with van der Waals surface area (Å²) in [6.45, 7) is 0.721. The third kappa shape index (κ3) is 2.39. The van der Waals surface area contributed by atoms with Crippen LogP contribution in [-0.2, 0) is 6.42 Å². The van der Waals surface area contributed by atoms with E-state index >= 15 is 0 Å². The lowest BCUT2D eigenvalue weighted by Crippen LogP contribution is -2.04. The van der Waals surface area contributed by atoms with Gasteiger partial charge in [0.05, 0.1) is 12.7 Å². The molecule has 0 aromatic heterocycles. The molecule has 1 aliphatic carbocycles. The van der Waals surface area contributed by atoms with E-state index in [1.54, 1.807) is 0 Å². The van der Waals surface area contributed by atoms with E-state index in [0.29, 0.717) is 11.8 Å². The van der Waals surface area contributed by atoms with Crippen molar-refractivity contribution in [1.29, 1.82) is 0 Å². The molecule has 3 unspecified atom stereocenters. The van der Waals surface area contributed by atoms with Gasteiger partial charge in [-0.2, -0.15) is 0 Å². The minimum absolute atomic E-state index is 0.301. The van der Waals surface area contributed by atoms with Gasteiger partial charge in [0.1, 0.15) is 5.75 Å². The molecule has 1 heterocycles. The van der Waals surface area contributed by atoms with Crippen LogP contribution in [0.1, 0.15) is 35.1 Å². The van der Waals surface area contributed by atoms with Crippen molar-refractivity contribution >= 4 is 15.9 Å². The van der Waals surface area contributed by atoms with Gasteiger partial charge in [0, 0.05) is 16.5 Å². The molecule has 0 spiro atoms. The highest BCUT2D eigenvalue weighted by molar-refractivity contribution is 9.10. The lowest BCUT2D eigenvalue weighted by atomic mass is 9.98. The van der Waals surface area contributed by atoms with Gasteiger partial charge in [-0.05, 0) is 41.5 Å². The molecule has 2 aromatic rings. The zero-order valence-electron chi connectivity index (χ0n) is 11.6. The van der Waals surface area contributed by atoms with Gasteiger partial charge in [0.15, 0.2) is 0 Å². The van der Waals surface area contributed by atoms with Gasteiger partial charge in [-0.1, -0.05) is 46.3 Å². The molecular weight excluding hydrogens is 328 g/mol. The first-order valence-electron chi connectivity index (χ1n) is 7.42. The number of hydrogen-bond donors (Lipinski definition) is 1. The molecule has 2 nitrogen and oxygen atoms in total. The molecule has 4 rings (SSSR count). The molecule has 1 N–H and O–H groups in total. The molecule has 108 valence electrons. The molecule has 1 saturated carbocycles. The number of halogens is 1. The van der Waals surface area contributed by atoms with E-state index in [4.69, 9.17) is 4.74 Å². The second kappa shape index (κ2) is 5.15. The number of benzene rings is 2. The first kappa shape index (κ1) is 13.4. The monoisotopic (exact) mass is 344 g/mol. The van der Waals surface area contributed by atoms with Crippen LogP contribution in [0, 0.1) is 5.92 Å². The largest absolute Gasteiger partial charge is 0.493 e. The van der Waals surface area contributed by atoms with Gasteiger partial charge in [-0.15, -0.1) is 0 Å². The first-order chi connectivity index (χ1) is 10.2. The van der Waals surface area contributed by atoms with Crippen molar-refractivity contribution in [3.05, 3.63) is 63.6 Å². The van der Waals surface area contributed by atoms with Crippen molar-refractivity contribution in [3.8, 4) is 5.75 Å². The van der Waals surface area contributed by atoms with Crippen molar-refractivity contribution < 1.29 is 9.84 Å². The number of hydrogen-bond acceptors (Lipinski definition) is 2. The molecule has 21 heavy (non-hydrogen) atoms. The van der Waals surface area contributed by atoms with Crippen LogP contribution in [0.2, 0.25) is 0 Å². The van der Waals surface area contributed by atoms with Crippen molar-refractivity contribution in [2.75, 3.05) is 6.61 Å². The summed E-state index contributed by atoms with van der Waals surface area (Å²) < 4.78 is 6.77. The second-order valence-electron chi connectivity index (χ2n) is 5.94. The molecule has 0 saturated heterocycles. The summed E-state index contributed by atoms with van der Waals surface area (Å²) >= 11 is 3.55. The molecule has 1 aliphatic heterocycles. The standard InChI is InChI=1S/C18H17BrO2/c19-13-8-12-6-7-21-18(12)16(9-13)17(20)15-10-14(15)11-4-2-1-3-5-11/h1-5,8-9,14-15,17,20H,6-7,10H2. The predicted octanol–water partition coefficient (Wildman–Crippen LogP) is 4.22. The van der Waals surface area contributed by atoms with Crippen LogP contribution in [0.4, 0.5) is 0 Å². The second-order valence-corrected chi connectivity index (χ2v) is 6.86. The molecular formula is C18H17BrO2. The first-order valence-corrected chi connectivity index (χ1v) is 8.21. The predicted molar refractivity (Wildman–Crippen MR) is 85.6 cm³/mol. The minimum Gasteiger partial charge on any atom is -0.493 e. The van der Waals surface area contributed by atoms with Crippen molar-refractivity contribution in [2.45, 2.75) is 24.9 Å². The van der Waals surface area contributed by atoms with E-state index in [0.717, 1.165) is 35.2 Å². The highest BCUT2D eigenvalue weighted by atomic mass is 79.9. The molecule has 0 radical (unpaired) electrons. The number of aliphatic hydroxyl groups is 1. The molecule has 1 fully saturated rings. The quantitative estimate of drug-likeness (QED) is 0.903. The Labute approximate surface area is 132 Å². The van der Waals surface area contributed by atoms with Crippen LogP contribution in [0.25, 0.3) is 0 Å². The highest BCUT2D eigenvalue weighted by Gasteiger charge is 2.45. The molecule has 3 atom stereocenters. The zero-order chi connectivity index (χ0) is 14.4. The normalized spacial score (nSPS) is 24.3. The van der Waals surface area contributed by atoms with Crippen LogP contribution < -0.4 is 4.74 Å². The fraction of sp³-hybridized carbons (Fsp3) is 0.333. The number of aliphatic hydroxyl groups excluding tert-OH is 1. The molecule has 2 aliphatic rings. The summed E-state index contributed by atoms with van der Waals surface area (Å²) in [5, 5.41) is 10.8. The fourth-order valence-corrected chi connectivity index (χ4v) is 3.92. The Morgan fingerprint density at radius 1 is 1.19 bits per heavy atom. The average Bonchev–Trinajstić information content (AvgIpc) is 3.17. The van der Waals surface area contributed by atoms with Crippen molar-refractivity contribution in [2.24, 2.45) is 5.92 Å². The number of ether oxygens (including phenoxy) is 1. The summed E-state index contributed by atoms with van der Waals surface area (Å²) in [5.74, 6) is 1.68. The lowest BCUT2D eigenvalue weighted by Gasteiger charge is -2.15. The van der Waals surface area contributed by atoms with Crippen LogP contribution in [0.15, 0.2) is 46.9 Å². The number of fused-ring (bicyclic) bond motifs is 1. The van der Waals surface area contributed by atoms with Gasteiger partial charge >= 0.3 is 0 Å². The molecule has 2 aromatic carbocycles. The van der Waals surface area contributed by atoms with E-state index in [9.17, 15) is 5.11 Å². The summed E-state index contributed by atoms with van der Waals surface area (Å²) in [6, 6.07) is 14.6. The van der Waals surface area contributed by atoms with E-state index in [-0.39, 0.29) is 0 Å². The summed E-state index contributed by atoms with van der Waals surface area (Å²) in [6.07, 6.45) is 1.54. The van der Waals surface area contributed by atoms with E-state index in [1.807, 2.05) is 12.1 Å². The SMILES string of the molecule is OC(c1cc(Br)cc2c1OCC2)C1CC1c1ccccc1. The van der Waals surface area contributed by atoms with Crippen LogP contribution in [0.5, 0.6) is 5.75 Å². The highest BCUT2D eigenvalue weighted by Crippen LogP contribution is 2.55. The van der Waals surface area contributed by atoms with Crippen LogP contribution >= 0.6 is 15.9 Å². The Balaban J connectivity index is 1.61. The van der Waals surface area contributed by atoms with E-state index in [1.165, 1.54) is 11.1 Å². The zero-order valence-corrected chi connectivity index (χ0v) is 13.2. The smallest absolute Gasteiger partial charge is 0.128 e. The van der Waals surface area contributed by atoms with E-state index < -0.39 is 6.10 Å². The lowest BCUT2D eigenvalue weighted by molar-refractivity contribution is 0.147. The maximum atomic E-state index is 10.8. The Kier molecular flexibility index (Phi) is 3.27. The summed E-state index contributed by atoms with van der Waals surface area (Å²) in [7, 11) is 0. The molecule has 3 heteroatoms. The maximum absolute atomic E-state index is 10.8. The topological polar surface area (TPSA) is 29.5 Å². The third-order valence-corrected chi connectivity index (χ3v) is 5.03. The Hall–Kier alpha value is -1.32. The molecule has 0 amide bonds. The van der Waals surface area contributed by atoms with Crippen LogP contribution in [0.3, 0.4) is 0 Å². The minimum atomic E-state index is -0.445. The van der Waals surface area contributed by atoms with Crippen molar-refractivity contribution in [1.82, 2.24) is 0 Å².